The van der Waals surface area contributed by atoms with Gasteiger partial charge in [0.2, 0.25) is 0 Å². The second-order valence-electron chi connectivity index (χ2n) is 6.56. The van der Waals surface area contributed by atoms with E-state index in [1.165, 1.54) is 11.3 Å². The third-order valence-electron chi connectivity index (χ3n) is 3.70. The van der Waals surface area contributed by atoms with Gasteiger partial charge in [0.25, 0.3) is 5.89 Å². The summed E-state index contributed by atoms with van der Waals surface area (Å²) in [7, 11) is 0. The Hall–Kier alpha value is -2.47. The van der Waals surface area contributed by atoms with Crippen molar-refractivity contribution in [2.75, 3.05) is 0 Å². The van der Waals surface area contributed by atoms with E-state index in [4.69, 9.17) is 4.42 Å². The first-order valence-electron chi connectivity index (χ1n) is 7.60. The molecular weight excluding hydrogens is 324 g/mol. The van der Waals surface area contributed by atoms with Crippen molar-refractivity contribution in [2.45, 2.75) is 32.7 Å². The summed E-state index contributed by atoms with van der Waals surface area (Å²) >= 11 is 1.42. The zero-order valence-corrected chi connectivity index (χ0v) is 14.6. The number of ketones is 1. The van der Waals surface area contributed by atoms with Crippen molar-refractivity contribution >= 4 is 17.1 Å². The molecule has 0 saturated carbocycles. The van der Waals surface area contributed by atoms with Crippen molar-refractivity contribution in [3.05, 3.63) is 63.5 Å². The largest absolute Gasteiger partial charge is 0.437 e. The van der Waals surface area contributed by atoms with Gasteiger partial charge < -0.3 is 4.42 Å². The molecule has 0 radical (unpaired) electrons. The summed E-state index contributed by atoms with van der Waals surface area (Å²) in [5.74, 6) is -0.562. The number of hydrogen-bond acceptors (Lipinski definition) is 5. The van der Waals surface area contributed by atoms with Crippen molar-refractivity contribution in [3.63, 3.8) is 0 Å². The Morgan fingerprint density at radius 3 is 2.50 bits per heavy atom. The number of Topliss-reactive ketones (excluding diaryl/α,β-unsaturated/α-hetero) is 1. The van der Waals surface area contributed by atoms with Crippen molar-refractivity contribution in [1.82, 2.24) is 9.78 Å². The standard InChI is InChI=1S/C18H18N2O3S/c1-18(2,3)13-8-6-12(7-9-13)14(21)11-20-17(22)23-16(19-20)15-5-4-10-24-15/h4-10H,11H2,1-3H3. The molecule has 0 aliphatic rings. The van der Waals surface area contributed by atoms with Crippen LogP contribution in [0, 0.1) is 0 Å². The maximum atomic E-state index is 12.4. The molecule has 6 heteroatoms. The lowest BCUT2D eigenvalue weighted by Crippen LogP contribution is -2.21. The number of nitrogens with zero attached hydrogens (tertiary/aromatic N) is 2. The van der Waals surface area contributed by atoms with Crippen LogP contribution < -0.4 is 5.76 Å². The Labute approximate surface area is 143 Å². The highest BCUT2D eigenvalue weighted by molar-refractivity contribution is 7.13. The zero-order chi connectivity index (χ0) is 17.3. The highest BCUT2D eigenvalue weighted by Crippen LogP contribution is 2.23. The topological polar surface area (TPSA) is 65.1 Å². The average Bonchev–Trinajstić information content (AvgIpc) is 3.17. The van der Waals surface area contributed by atoms with E-state index >= 15 is 0 Å². The molecule has 0 atom stereocenters. The third-order valence-corrected chi connectivity index (χ3v) is 4.56. The van der Waals surface area contributed by atoms with E-state index in [0.29, 0.717) is 5.56 Å². The summed E-state index contributed by atoms with van der Waals surface area (Å²) < 4.78 is 6.18. The molecule has 0 aliphatic heterocycles. The summed E-state index contributed by atoms with van der Waals surface area (Å²) in [6, 6.07) is 11.1. The average molecular weight is 342 g/mol. The lowest BCUT2D eigenvalue weighted by molar-refractivity contribution is 0.0965. The van der Waals surface area contributed by atoms with Crippen LogP contribution in [0.1, 0.15) is 36.7 Å². The molecule has 2 heterocycles. The van der Waals surface area contributed by atoms with Gasteiger partial charge in [-0.2, -0.15) is 4.68 Å². The highest BCUT2D eigenvalue weighted by Gasteiger charge is 2.17. The van der Waals surface area contributed by atoms with E-state index in [1.807, 2.05) is 29.6 Å². The van der Waals surface area contributed by atoms with Gasteiger partial charge in [-0.05, 0) is 22.4 Å². The first kappa shape index (κ1) is 16.4. The highest BCUT2D eigenvalue weighted by atomic mass is 32.1. The molecular formula is C18H18N2O3S. The Morgan fingerprint density at radius 1 is 1.21 bits per heavy atom. The number of aromatic nitrogens is 2. The summed E-state index contributed by atoms with van der Waals surface area (Å²) in [6.07, 6.45) is 0. The Kier molecular flexibility index (Phi) is 4.24. The smallest absolute Gasteiger partial charge is 0.387 e. The van der Waals surface area contributed by atoms with Crippen LogP contribution in [0.15, 0.2) is 51.0 Å². The first-order chi connectivity index (χ1) is 11.3. The van der Waals surface area contributed by atoms with Crippen LogP contribution >= 0.6 is 11.3 Å². The fourth-order valence-corrected chi connectivity index (χ4v) is 2.93. The van der Waals surface area contributed by atoms with Crippen LogP contribution in [0.2, 0.25) is 0 Å². The van der Waals surface area contributed by atoms with Gasteiger partial charge in [-0.15, -0.1) is 16.4 Å². The number of hydrogen-bond donors (Lipinski definition) is 0. The van der Waals surface area contributed by atoms with Gasteiger partial charge in [-0.25, -0.2) is 4.79 Å². The third kappa shape index (κ3) is 3.38. The lowest BCUT2D eigenvalue weighted by atomic mass is 9.86. The normalized spacial score (nSPS) is 11.6. The van der Waals surface area contributed by atoms with Gasteiger partial charge in [0, 0.05) is 5.56 Å². The molecule has 1 aromatic carbocycles. The van der Waals surface area contributed by atoms with Crippen LogP contribution in [-0.2, 0) is 12.0 Å². The van der Waals surface area contributed by atoms with Crippen LogP contribution in [-0.4, -0.2) is 15.6 Å². The van der Waals surface area contributed by atoms with Crippen LogP contribution in [0.3, 0.4) is 0 Å². The number of benzene rings is 1. The summed E-state index contributed by atoms with van der Waals surface area (Å²) in [5.41, 5.74) is 1.73. The van der Waals surface area contributed by atoms with Crippen molar-refractivity contribution in [2.24, 2.45) is 0 Å². The molecule has 124 valence electrons. The van der Waals surface area contributed by atoms with E-state index in [0.717, 1.165) is 15.1 Å². The Balaban J connectivity index is 1.79. The van der Waals surface area contributed by atoms with Crippen molar-refractivity contribution in [1.29, 1.82) is 0 Å². The Morgan fingerprint density at radius 2 is 1.92 bits per heavy atom. The van der Waals surface area contributed by atoms with Crippen LogP contribution in [0.5, 0.6) is 0 Å². The fourth-order valence-electron chi connectivity index (χ4n) is 2.29. The minimum atomic E-state index is -0.627. The SMILES string of the molecule is CC(C)(C)c1ccc(C(=O)Cn2nc(-c3cccs3)oc2=O)cc1. The second-order valence-corrected chi connectivity index (χ2v) is 7.51. The number of carbonyl (C=O) groups is 1. The van der Waals surface area contributed by atoms with Gasteiger partial charge >= 0.3 is 5.76 Å². The Bertz CT molecular complexity index is 897. The summed E-state index contributed by atoms with van der Waals surface area (Å²) in [5, 5.41) is 5.97. The molecule has 0 fully saturated rings. The van der Waals surface area contributed by atoms with E-state index < -0.39 is 5.76 Å². The van der Waals surface area contributed by atoms with Crippen LogP contribution in [0.4, 0.5) is 0 Å². The molecule has 2 aromatic heterocycles. The lowest BCUT2D eigenvalue weighted by Gasteiger charge is -2.18. The van der Waals surface area contributed by atoms with Gasteiger partial charge in [0.15, 0.2) is 5.78 Å². The van der Waals surface area contributed by atoms with Crippen LogP contribution in [0.25, 0.3) is 10.8 Å². The molecule has 5 nitrogen and oxygen atoms in total. The second kappa shape index (κ2) is 6.20. The fraction of sp³-hybridized carbons (Fsp3) is 0.278. The monoisotopic (exact) mass is 342 g/mol. The van der Waals surface area contributed by atoms with Gasteiger partial charge in [0.05, 0.1) is 4.88 Å². The van der Waals surface area contributed by atoms with E-state index in [-0.39, 0.29) is 23.6 Å². The number of carbonyl (C=O) groups excluding carboxylic acids is 1. The first-order valence-corrected chi connectivity index (χ1v) is 8.48. The summed E-state index contributed by atoms with van der Waals surface area (Å²) in [6.45, 7) is 6.21. The number of rotatable bonds is 4. The molecule has 0 aliphatic carbocycles. The van der Waals surface area contributed by atoms with Gasteiger partial charge in [0.1, 0.15) is 6.54 Å². The maximum absolute atomic E-state index is 12.4. The molecule has 0 bridgehead atoms. The predicted octanol–water partition coefficient (Wildman–Crippen LogP) is 3.75. The van der Waals surface area contributed by atoms with E-state index in [2.05, 4.69) is 25.9 Å². The molecule has 3 rings (SSSR count). The van der Waals surface area contributed by atoms with Gasteiger partial charge in [-0.3, -0.25) is 4.79 Å². The zero-order valence-electron chi connectivity index (χ0n) is 13.8. The minimum absolute atomic E-state index is 0.0280. The minimum Gasteiger partial charge on any atom is -0.387 e. The van der Waals surface area contributed by atoms with Crippen molar-refractivity contribution < 1.29 is 9.21 Å². The molecule has 0 N–H and O–H groups in total. The van der Waals surface area contributed by atoms with E-state index in [1.54, 1.807) is 12.1 Å². The number of thiophene rings is 1. The molecule has 0 saturated heterocycles. The predicted molar refractivity (Wildman–Crippen MR) is 93.5 cm³/mol. The molecule has 0 spiro atoms. The molecule has 3 aromatic rings. The summed E-state index contributed by atoms with van der Waals surface area (Å²) in [4.78, 5) is 25.0. The molecule has 0 amide bonds. The molecule has 0 unspecified atom stereocenters. The van der Waals surface area contributed by atoms with Crippen molar-refractivity contribution in [3.8, 4) is 10.8 Å². The maximum Gasteiger partial charge on any atom is 0.437 e. The quantitative estimate of drug-likeness (QED) is 0.677. The molecule has 24 heavy (non-hydrogen) atoms. The van der Waals surface area contributed by atoms with E-state index in [9.17, 15) is 9.59 Å². The van der Waals surface area contributed by atoms with Gasteiger partial charge in [-0.1, -0.05) is 51.1 Å².